The first-order chi connectivity index (χ1) is 6.96. The van der Waals surface area contributed by atoms with Crippen molar-refractivity contribution >= 4 is 0 Å². The van der Waals surface area contributed by atoms with Crippen LogP contribution in [0.25, 0.3) is 0 Å². The van der Waals surface area contributed by atoms with E-state index >= 15 is 0 Å². The van der Waals surface area contributed by atoms with Crippen LogP contribution >= 0.6 is 0 Å². The van der Waals surface area contributed by atoms with Gasteiger partial charge in [-0.3, -0.25) is 0 Å². The first-order valence-corrected chi connectivity index (χ1v) is 5.02. The number of rotatable bonds is 3. The van der Waals surface area contributed by atoms with Crippen LogP contribution in [0, 0.1) is 0 Å². The van der Waals surface area contributed by atoms with Gasteiger partial charge in [0.05, 0.1) is 7.11 Å². The predicted octanol–water partition coefficient (Wildman–Crippen LogP) is 2.33. The van der Waals surface area contributed by atoms with Gasteiger partial charge in [0.15, 0.2) is 11.5 Å². The molecular formula is C12H19NO2. The summed E-state index contributed by atoms with van der Waals surface area (Å²) in [5.74, 6) is 1.48. The van der Waals surface area contributed by atoms with Gasteiger partial charge in [0, 0.05) is 6.54 Å². The maximum Gasteiger partial charge on any atom is 0.162 e. The third-order valence-corrected chi connectivity index (χ3v) is 1.88. The Morgan fingerprint density at radius 2 is 1.87 bits per heavy atom. The molecule has 0 spiro atoms. The van der Waals surface area contributed by atoms with E-state index in [1.54, 1.807) is 7.11 Å². The smallest absolute Gasteiger partial charge is 0.162 e. The fraction of sp³-hybridized carbons (Fsp3) is 0.500. The second kappa shape index (κ2) is 4.53. The largest absolute Gasteiger partial charge is 0.493 e. The third kappa shape index (κ3) is 3.44. The second-order valence-electron chi connectivity index (χ2n) is 4.40. The summed E-state index contributed by atoms with van der Waals surface area (Å²) in [4.78, 5) is 0. The molecule has 3 heteroatoms. The summed E-state index contributed by atoms with van der Waals surface area (Å²) in [6.07, 6.45) is 0. The van der Waals surface area contributed by atoms with E-state index in [0.29, 0.717) is 6.54 Å². The van der Waals surface area contributed by atoms with E-state index in [9.17, 15) is 0 Å². The lowest BCUT2D eigenvalue weighted by molar-refractivity contribution is 0.125. The fourth-order valence-electron chi connectivity index (χ4n) is 1.26. The van der Waals surface area contributed by atoms with E-state index in [2.05, 4.69) is 0 Å². The first kappa shape index (κ1) is 11.9. The topological polar surface area (TPSA) is 44.5 Å². The highest BCUT2D eigenvalue weighted by atomic mass is 16.5. The van der Waals surface area contributed by atoms with Gasteiger partial charge in [-0.1, -0.05) is 6.07 Å². The molecule has 2 N–H and O–H groups in total. The summed E-state index contributed by atoms with van der Waals surface area (Å²) in [7, 11) is 1.63. The fourth-order valence-corrected chi connectivity index (χ4v) is 1.26. The Hall–Kier alpha value is -1.22. The molecule has 0 atom stereocenters. The van der Waals surface area contributed by atoms with Crippen molar-refractivity contribution in [1.82, 2.24) is 0 Å². The Morgan fingerprint density at radius 1 is 1.20 bits per heavy atom. The number of methoxy groups -OCH3 is 1. The minimum absolute atomic E-state index is 0.236. The molecule has 0 heterocycles. The van der Waals surface area contributed by atoms with Crippen molar-refractivity contribution in [3.63, 3.8) is 0 Å². The maximum atomic E-state index is 5.79. The van der Waals surface area contributed by atoms with Crippen LogP contribution in [-0.2, 0) is 6.54 Å². The Bertz CT molecular complexity index is 329. The standard InChI is InChI=1S/C12H19NO2/c1-12(2,3)15-11-7-9(8-13)5-6-10(11)14-4/h5-7H,8,13H2,1-4H3. The highest BCUT2D eigenvalue weighted by Gasteiger charge is 2.15. The van der Waals surface area contributed by atoms with Crippen LogP contribution < -0.4 is 15.2 Å². The van der Waals surface area contributed by atoms with Crippen LogP contribution in [0.4, 0.5) is 0 Å². The van der Waals surface area contributed by atoms with Gasteiger partial charge in [0.25, 0.3) is 0 Å². The normalized spacial score (nSPS) is 11.3. The van der Waals surface area contributed by atoms with E-state index in [1.807, 2.05) is 39.0 Å². The van der Waals surface area contributed by atoms with E-state index in [-0.39, 0.29) is 5.60 Å². The number of nitrogens with two attached hydrogens (primary N) is 1. The van der Waals surface area contributed by atoms with Crippen molar-refractivity contribution in [3.05, 3.63) is 23.8 Å². The Morgan fingerprint density at radius 3 is 2.33 bits per heavy atom. The molecule has 1 aromatic rings. The van der Waals surface area contributed by atoms with Crippen LogP contribution in [0.1, 0.15) is 26.3 Å². The molecule has 3 nitrogen and oxygen atoms in total. The van der Waals surface area contributed by atoms with Crippen molar-refractivity contribution in [2.24, 2.45) is 5.73 Å². The quantitative estimate of drug-likeness (QED) is 0.831. The molecule has 0 aliphatic heterocycles. The van der Waals surface area contributed by atoms with E-state index < -0.39 is 0 Å². The minimum Gasteiger partial charge on any atom is -0.493 e. The molecule has 0 aliphatic carbocycles. The molecule has 84 valence electrons. The van der Waals surface area contributed by atoms with Crippen molar-refractivity contribution < 1.29 is 9.47 Å². The summed E-state index contributed by atoms with van der Waals surface area (Å²) < 4.78 is 11.0. The molecule has 1 rings (SSSR count). The average Bonchev–Trinajstić information content (AvgIpc) is 2.15. The molecule has 0 fully saturated rings. The first-order valence-electron chi connectivity index (χ1n) is 5.02. The summed E-state index contributed by atoms with van der Waals surface area (Å²) in [6.45, 7) is 6.51. The summed E-state index contributed by atoms with van der Waals surface area (Å²) in [5.41, 5.74) is 6.38. The monoisotopic (exact) mass is 209 g/mol. The lowest BCUT2D eigenvalue weighted by atomic mass is 10.1. The number of hydrogen-bond donors (Lipinski definition) is 1. The van der Waals surface area contributed by atoms with Crippen molar-refractivity contribution in [1.29, 1.82) is 0 Å². The molecule has 15 heavy (non-hydrogen) atoms. The molecule has 0 saturated heterocycles. The number of ether oxygens (including phenoxy) is 2. The van der Waals surface area contributed by atoms with Gasteiger partial charge < -0.3 is 15.2 Å². The highest BCUT2D eigenvalue weighted by molar-refractivity contribution is 5.43. The van der Waals surface area contributed by atoms with Gasteiger partial charge in [-0.25, -0.2) is 0 Å². The zero-order chi connectivity index (χ0) is 11.5. The zero-order valence-electron chi connectivity index (χ0n) is 9.83. The van der Waals surface area contributed by atoms with E-state index in [1.165, 1.54) is 0 Å². The summed E-state index contributed by atoms with van der Waals surface area (Å²) >= 11 is 0. The van der Waals surface area contributed by atoms with E-state index in [4.69, 9.17) is 15.2 Å². The van der Waals surface area contributed by atoms with Crippen LogP contribution in [0.15, 0.2) is 18.2 Å². The van der Waals surface area contributed by atoms with Crippen LogP contribution in [0.2, 0.25) is 0 Å². The molecule has 0 bridgehead atoms. The number of hydrogen-bond acceptors (Lipinski definition) is 3. The molecular weight excluding hydrogens is 190 g/mol. The molecule has 0 amide bonds. The van der Waals surface area contributed by atoms with Crippen LogP contribution in [0.5, 0.6) is 11.5 Å². The van der Waals surface area contributed by atoms with Gasteiger partial charge >= 0.3 is 0 Å². The van der Waals surface area contributed by atoms with Gasteiger partial charge in [-0.05, 0) is 38.5 Å². The van der Waals surface area contributed by atoms with Gasteiger partial charge in [-0.15, -0.1) is 0 Å². The van der Waals surface area contributed by atoms with Crippen molar-refractivity contribution in [2.75, 3.05) is 7.11 Å². The average molecular weight is 209 g/mol. The number of benzene rings is 1. The van der Waals surface area contributed by atoms with Crippen molar-refractivity contribution in [3.8, 4) is 11.5 Å². The molecule has 0 aromatic heterocycles. The predicted molar refractivity (Wildman–Crippen MR) is 61.3 cm³/mol. The Kier molecular flexibility index (Phi) is 3.58. The SMILES string of the molecule is COc1ccc(CN)cc1OC(C)(C)C. The maximum absolute atomic E-state index is 5.79. The molecule has 0 saturated carbocycles. The lowest BCUT2D eigenvalue weighted by Gasteiger charge is -2.23. The van der Waals surface area contributed by atoms with Crippen molar-refractivity contribution in [2.45, 2.75) is 32.9 Å². The zero-order valence-corrected chi connectivity index (χ0v) is 9.83. The summed E-state index contributed by atoms with van der Waals surface area (Å²) in [6, 6.07) is 5.74. The second-order valence-corrected chi connectivity index (χ2v) is 4.40. The van der Waals surface area contributed by atoms with E-state index in [0.717, 1.165) is 17.1 Å². The minimum atomic E-state index is -0.236. The Labute approximate surface area is 91.2 Å². The van der Waals surface area contributed by atoms with Crippen LogP contribution in [-0.4, -0.2) is 12.7 Å². The van der Waals surface area contributed by atoms with Crippen LogP contribution in [0.3, 0.4) is 0 Å². The molecule has 0 unspecified atom stereocenters. The summed E-state index contributed by atoms with van der Waals surface area (Å²) in [5, 5.41) is 0. The van der Waals surface area contributed by atoms with Gasteiger partial charge in [0.1, 0.15) is 5.60 Å². The van der Waals surface area contributed by atoms with Gasteiger partial charge in [0.2, 0.25) is 0 Å². The molecule has 0 aliphatic rings. The highest BCUT2D eigenvalue weighted by Crippen LogP contribution is 2.30. The third-order valence-electron chi connectivity index (χ3n) is 1.88. The Balaban J connectivity index is 3.01. The molecule has 1 aromatic carbocycles. The van der Waals surface area contributed by atoms with Gasteiger partial charge in [-0.2, -0.15) is 0 Å². The molecule has 0 radical (unpaired) electrons. The lowest BCUT2D eigenvalue weighted by Crippen LogP contribution is -2.23.